The zero-order valence-corrected chi connectivity index (χ0v) is 27.1. The fraction of sp³-hybridized carbons (Fsp3) is 0.781. The van der Waals surface area contributed by atoms with Crippen molar-refractivity contribution in [2.45, 2.75) is 116 Å². The number of aryl methyl sites for hydroxylation is 1. The van der Waals surface area contributed by atoms with Gasteiger partial charge in [-0.2, -0.15) is 0 Å². The minimum Gasteiger partial charge on any atom is -0.490 e. The molecule has 40 heavy (non-hydrogen) atoms. The van der Waals surface area contributed by atoms with E-state index in [4.69, 9.17) is 18.5 Å². The van der Waals surface area contributed by atoms with Crippen molar-refractivity contribution in [1.29, 1.82) is 0 Å². The lowest BCUT2D eigenvalue weighted by Gasteiger charge is -2.24. The Labute approximate surface area is 246 Å². The molecule has 0 aromatic heterocycles. The van der Waals surface area contributed by atoms with Crippen LogP contribution in [0.1, 0.15) is 109 Å². The van der Waals surface area contributed by atoms with Gasteiger partial charge in [-0.1, -0.05) is 96.6 Å². The van der Waals surface area contributed by atoms with Crippen LogP contribution in [0.3, 0.4) is 0 Å². The summed E-state index contributed by atoms with van der Waals surface area (Å²) in [6.07, 6.45) is 17.8. The lowest BCUT2D eigenvalue weighted by atomic mass is 10.0. The largest absolute Gasteiger partial charge is 0.490 e. The standard InChI is InChI=1S/C32H59NO6P/c1-6-8-9-10-11-12-13-14-15-16-17-18-20-29-21-23-30(24-22-29)36-27-31(39-32(34)7-2)28-38-40(35)37-26-19-25-33(3,4)5/h21-24,31,35H,6-20,25-28H2,1-5H3/q+1. The maximum Gasteiger partial charge on any atom is 0.329 e. The molecule has 0 fully saturated rings. The number of esters is 1. The van der Waals surface area contributed by atoms with E-state index in [2.05, 4.69) is 40.2 Å². The number of rotatable bonds is 26. The molecule has 0 saturated carbocycles. The summed E-state index contributed by atoms with van der Waals surface area (Å²) in [5.41, 5.74) is 1.31. The van der Waals surface area contributed by atoms with Gasteiger partial charge in [0.1, 0.15) is 12.4 Å². The zero-order chi connectivity index (χ0) is 29.5. The average Bonchev–Trinajstić information content (AvgIpc) is 2.93. The predicted octanol–water partition coefficient (Wildman–Crippen LogP) is 7.98. The first kappa shape index (κ1) is 36.8. The predicted molar refractivity (Wildman–Crippen MR) is 165 cm³/mol. The van der Waals surface area contributed by atoms with Crippen molar-refractivity contribution < 1.29 is 32.7 Å². The molecular weight excluding hydrogens is 525 g/mol. The minimum atomic E-state index is -2.03. The summed E-state index contributed by atoms with van der Waals surface area (Å²) in [5, 5.41) is 0. The molecule has 0 aliphatic carbocycles. The summed E-state index contributed by atoms with van der Waals surface area (Å²) in [6, 6.07) is 8.14. The van der Waals surface area contributed by atoms with E-state index in [9.17, 15) is 9.69 Å². The first-order chi connectivity index (χ1) is 19.2. The van der Waals surface area contributed by atoms with Crippen molar-refractivity contribution in [3.05, 3.63) is 29.8 Å². The van der Waals surface area contributed by atoms with Gasteiger partial charge in [-0.3, -0.25) is 4.79 Å². The molecule has 8 heteroatoms. The van der Waals surface area contributed by atoms with Gasteiger partial charge in [0.15, 0.2) is 6.10 Å². The van der Waals surface area contributed by atoms with Crippen LogP contribution in [0.5, 0.6) is 5.75 Å². The van der Waals surface area contributed by atoms with Gasteiger partial charge in [-0.25, -0.2) is 0 Å². The number of quaternary nitrogens is 1. The van der Waals surface area contributed by atoms with Crippen molar-refractivity contribution in [1.82, 2.24) is 0 Å². The second-order valence-corrected chi connectivity index (χ2v) is 12.8. The molecule has 1 rings (SSSR count). The zero-order valence-electron chi connectivity index (χ0n) is 26.2. The molecule has 1 aromatic carbocycles. The monoisotopic (exact) mass is 584 g/mol. The van der Waals surface area contributed by atoms with Gasteiger partial charge in [0.2, 0.25) is 0 Å². The van der Waals surface area contributed by atoms with Crippen LogP contribution in [0, 0.1) is 0 Å². The summed E-state index contributed by atoms with van der Waals surface area (Å²) >= 11 is 0. The molecule has 2 unspecified atom stereocenters. The van der Waals surface area contributed by atoms with Gasteiger partial charge in [0, 0.05) is 12.8 Å². The van der Waals surface area contributed by atoms with Gasteiger partial charge in [-0.15, -0.1) is 0 Å². The van der Waals surface area contributed by atoms with E-state index in [1.807, 2.05) is 12.1 Å². The lowest BCUT2D eigenvalue weighted by molar-refractivity contribution is -0.870. The third-order valence-electron chi connectivity index (χ3n) is 6.81. The Hall–Kier alpha value is -1.24. The fourth-order valence-electron chi connectivity index (χ4n) is 4.36. The van der Waals surface area contributed by atoms with Gasteiger partial charge in [-0.05, 0) is 30.5 Å². The highest BCUT2D eigenvalue weighted by Crippen LogP contribution is 2.33. The molecule has 0 bridgehead atoms. The van der Waals surface area contributed by atoms with Gasteiger partial charge in [0.25, 0.3) is 0 Å². The number of carbonyl (C=O) groups is 1. The van der Waals surface area contributed by atoms with Crippen LogP contribution in [0.2, 0.25) is 0 Å². The molecule has 0 spiro atoms. The third kappa shape index (κ3) is 21.5. The van der Waals surface area contributed by atoms with Crippen molar-refractivity contribution in [2.24, 2.45) is 0 Å². The molecule has 0 saturated heterocycles. The number of nitrogens with zero attached hydrogens (tertiary/aromatic N) is 1. The first-order valence-electron chi connectivity index (χ1n) is 15.7. The SMILES string of the molecule is CCCCCCCCCCCCCCc1ccc(OCC(COP(O)OCCC[N+](C)(C)C)OC(=O)CC)cc1. The second-order valence-electron chi connectivity index (χ2n) is 11.8. The molecule has 1 aromatic rings. The Bertz CT molecular complexity index is 740. The van der Waals surface area contributed by atoms with Crippen LogP contribution in [0.25, 0.3) is 0 Å². The summed E-state index contributed by atoms with van der Waals surface area (Å²) in [4.78, 5) is 21.9. The van der Waals surface area contributed by atoms with Crippen molar-refractivity contribution >= 4 is 14.6 Å². The molecular formula is C32H59NO6P+. The first-order valence-corrected chi connectivity index (χ1v) is 16.8. The van der Waals surface area contributed by atoms with Gasteiger partial charge < -0.3 is 27.9 Å². The fourth-order valence-corrected chi connectivity index (χ4v) is 5.02. The Kier molecular flexibility index (Phi) is 21.5. The van der Waals surface area contributed by atoms with E-state index >= 15 is 0 Å². The average molecular weight is 585 g/mol. The van der Waals surface area contributed by atoms with E-state index in [1.165, 1.54) is 82.6 Å². The number of hydrogen-bond donors (Lipinski definition) is 1. The summed E-state index contributed by atoms with van der Waals surface area (Å²) < 4.78 is 23.0. The molecule has 232 valence electrons. The molecule has 0 aliphatic heterocycles. The van der Waals surface area contributed by atoms with Crippen LogP contribution in [0.4, 0.5) is 0 Å². The minimum absolute atomic E-state index is 0.0142. The number of hydrogen-bond acceptors (Lipinski definition) is 6. The Morgan fingerprint density at radius 3 is 1.93 bits per heavy atom. The van der Waals surface area contributed by atoms with Crippen LogP contribution >= 0.6 is 8.60 Å². The Morgan fingerprint density at radius 2 is 1.38 bits per heavy atom. The molecule has 2 atom stereocenters. The maximum atomic E-state index is 11.9. The van der Waals surface area contributed by atoms with Crippen LogP contribution < -0.4 is 4.74 Å². The number of unbranched alkanes of at least 4 members (excludes halogenated alkanes) is 11. The highest BCUT2D eigenvalue weighted by atomic mass is 31.2. The molecule has 0 heterocycles. The number of ether oxygens (including phenoxy) is 2. The highest BCUT2D eigenvalue weighted by molar-refractivity contribution is 7.40. The smallest absolute Gasteiger partial charge is 0.329 e. The summed E-state index contributed by atoms with van der Waals surface area (Å²) in [6.45, 7) is 5.53. The highest BCUT2D eigenvalue weighted by Gasteiger charge is 2.19. The Balaban J connectivity index is 2.25. The topological polar surface area (TPSA) is 74.2 Å². The molecule has 0 radical (unpaired) electrons. The van der Waals surface area contributed by atoms with E-state index in [1.54, 1.807) is 6.92 Å². The third-order valence-corrected chi connectivity index (χ3v) is 7.58. The Morgan fingerprint density at radius 1 is 0.800 bits per heavy atom. The summed E-state index contributed by atoms with van der Waals surface area (Å²) in [5.74, 6) is 0.389. The van der Waals surface area contributed by atoms with E-state index in [0.717, 1.165) is 29.6 Å². The normalized spacial score (nSPS) is 13.2. The molecule has 0 amide bonds. The van der Waals surface area contributed by atoms with Crippen molar-refractivity contribution in [3.63, 3.8) is 0 Å². The van der Waals surface area contributed by atoms with Crippen molar-refractivity contribution in [2.75, 3.05) is 47.5 Å². The van der Waals surface area contributed by atoms with Gasteiger partial charge in [0.05, 0.1) is 40.9 Å². The quantitative estimate of drug-likeness (QED) is 0.0515. The van der Waals surface area contributed by atoms with E-state index in [-0.39, 0.29) is 25.6 Å². The summed E-state index contributed by atoms with van der Waals surface area (Å²) in [7, 11) is 4.30. The van der Waals surface area contributed by atoms with Gasteiger partial charge >= 0.3 is 14.6 Å². The van der Waals surface area contributed by atoms with E-state index in [0.29, 0.717) is 6.61 Å². The van der Waals surface area contributed by atoms with E-state index < -0.39 is 14.7 Å². The van der Waals surface area contributed by atoms with Crippen molar-refractivity contribution in [3.8, 4) is 5.75 Å². The maximum absolute atomic E-state index is 11.9. The number of benzene rings is 1. The number of carbonyl (C=O) groups excluding carboxylic acids is 1. The lowest BCUT2D eigenvalue weighted by Crippen LogP contribution is -2.35. The molecule has 0 aliphatic rings. The van der Waals surface area contributed by atoms with Crippen LogP contribution in [-0.4, -0.2) is 69.0 Å². The second kappa shape index (κ2) is 23.3. The molecule has 7 nitrogen and oxygen atoms in total. The van der Waals surface area contributed by atoms with Crippen LogP contribution in [-0.2, 0) is 25.0 Å². The molecule has 1 N–H and O–H groups in total. The van der Waals surface area contributed by atoms with Crippen LogP contribution in [0.15, 0.2) is 24.3 Å².